The molecule has 0 fully saturated rings. The summed E-state index contributed by atoms with van der Waals surface area (Å²) in [5.41, 5.74) is 0.778. The van der Waals surface area contributed by atoms with Crippen LogP contribution in [0.15, 0.2) is 12.1 Å². The van der Waals surface area contributed by atoms with Gasteiger partial charge in [-0.1, -0.05) is 0 Å². The first-order valence-corrected chi connectivity index (χ1v) is 3.91. The molecular formula is C8H10N2O4. The molecule has 0 unspecified atom stereocenters. The highest BCUT2D eigenvalue weighted by molar-refractivity contribution is 5.87. The van der Waals surface area contributed by atoms with Gasteiger partial charge in [-0.2, -0.15) is 0 Å². The van der Waals surface area contributed by atoms with Crippen LogP contribution in [0.3, 0.4) is 0 Å². The number of nitrogens with zero attached hydrogens (tertiary/aromatic N) is 2. The number of methoxy groups -OCH3 is 1. The Hall–Kier alpha value is -1.85. The Morgan fingerprint density at radius 1 is 1.64 bits per heavy atom. The van der Waals surface area contributed by atoms with Crippen molar-refractivity contribution < 1.29 is 14.5 Å². The molecule has 0 aliphatic carbocycles. The van der Waals surface area contributed by atoms with E-state index in [4.69, 9.17) is 0 Å². The minimum Gasteiger partial charge on any atom is -0.464 e. The summed E-state index contributed by atoms with van der Waals surface area (Å²) in [6.45, 7) is -0.298. The van der Waals surface area contributed by atoms with Gasteiger partial charge in [0.15, 0.2) is 0 Å². The fourth-order valence-electron chi connectivity index (χ4n) is 1.15. The molecule has 1 heterocycles. The predicted octanol–water partition coefficient (Wildman–Crippen LogP) is 0.588. The van der Waals surface area contributed by atoms with E-state index in [9.17, 15) is 14.9 Å². The van der Waals surface area contributed by atoms with E-state index in [1.54, 1.807) is 7.05 Å². The van der Waals surface area contributed by atoms with Gasteiger partial charge in [-0.05, 0) is 12.1 Å². The van der Waals surface area contributed by atoms with E-state index >= 15 is 0 Å². The topological polar surface area (TPSA) is 74.4 Å². The molecule has 0 bridgehead atoms. The van der Waals surface area contributed by atoms with Crippen LogP contribution >= 0.6 is 0 Å². The predicted molar refractivity (Wildman–Crippen MR) is 47.5 cm³/mol. The Morgan fingerprint density at radius 2 is 2.29 bits per heavy atom. The Labute approximate surface area is 80.2 Å². The summed E-state index contributed by atoms with van der Waals surface area (Å²) in [6.07, 6.45) is 0. The van der Waals surface area contributed by atoms with Crippen molar-refractivity contribution in [2.24, 2.45) is 7.05 Å². The molecule has 0 amide bonds. The van der Waals surface area contributed by atoms with Crippen LogP contribution in [0, 0.1) is 10.1 Å². The number of rotatable bonds is 3. The molecule has 0 aliphatic rings. The van der Waals surface area contributed by atoms with Crippen LogP contribution in [-0.4, -0.2) is 22.6 Å². The molecule has 6 heteroatoms. The molecule has 0 aliphatic heterocycles. The number of hydrogen-bond acceptors (Lipinski definition) is 4. The molecule has 1 rings (SSSR count). The summed E-state index contributed by atoms with van der Waals surface area (Å²) in [4.78, 5) is 20.9. The Morgan fingerprint density at radius 3 is 2.79 bits per heavy atom. The number of nitro groups is 1. The summed E-state index contributed by atoms with van der Waals surface area (Å²) < 4.78 is 5.96. The third kappa shape index (κ3) is 1.90. The van der Waals surface area contributed by atoms with Crippen molar-refractivity contribution in [2.75, 3.05) is 7.11 Å². The zero-order valence-corrected chi connectivity index (χ0v) is 7.89. The number of ether oxygens (including phenoxy) is 1. The molecular weight excluding hydrogens is 188 g/mol. The lowest BCUT2D eigenvalue weighted by atomic mass is 10.4. The van der Waals surface area contributed by atoms with Gasteiger partial charge >= 0.3 is 5.97 Å². The first kappa shape index (κ1) is 10.2. The molecule has 0 N–H and O–H groups in total. The van der Waals surface area contributed by atoms with Gasteiger partial charge in [0.05, 0.1) is 12.8 Å². The summed E-state index contributed by atoms with van der Waals surface area (Å²) in [6, 6.07) is 3.04. The van der Waals surface area contributed by atoms with Gasteiger partial charge in [-0.3, -0.25) is 10.1 Å². The third-order valence-corrected chi connectivity index (χ3v) is 1.91. The van der Waals surface area contributed by atoms with Gasteiger partial charge in [0.25, 0.3) is 0 Å². The minimum atomic E-state index is -0.498. The van der Waals surface area contributed by atoms with Crippen molar-refractivity contribution in [3.8, 4) is 0 Å². The van der Waals surface area contributed by atoms with E-state index < -0.39 is 10.9 Å². The first-order valence-electron chi connectivity index (χ1n) is 3.91. The molecule has 1 aromatic heterocycles. The summed E-state index contributed by atoms with van der Waals surface area (Å²) in [5, 5.41) is 10.2. The quantitative estimate of drug-likeness (QED) is 0.404. The molecule has 1 aromatic rings. The van der Waals surface area contributed by atoms with Crippen molar-refractivity contribution in [1.82, 2.24) is 4.57 Å². The van der Waals surface area contributed by atoms with Crippen LogP contribution in [0.25, 0.3) is 0 Å². The SMILES string of the molecule is COC(=O)c1ccc(C[N+](=O)[O-])n1C. The van der Waals surface area contributed by atoms with Crippen LogP contribution in [0.1, 0.15) is 16.2 Å². The maximum absolute atomic E-state index is 11.1. The smallest absolute Gasteiger partial charge is 0.354 e. The van der Waals surface area contributed by atoms with Gasteiger partial charge in [0.1, 0.15) is 5.69 Å². The molecule has 0 saturated carbocycles. The van der Waals surface area contributed by atoms with Gasteiger partial charge in [0.2, 0.25) is 6.54 Å². The molecule has 0 radical (unpaired) electrons. The van der Waals surface area contributed by atoms with Gasteiger partial charge in [-0.15, -0.1) is 0 Å². The van der Waals surface area contributed by atoms with Crippen molar-refractivity contribution in [2.45, 2.75) is 6.54 Å². The van der Waals surface area contributed by atoms with E-state index in [0.29, 0.717) is 11.4 Å². The average Bonchev–Trinajstić information content (AvgIpc) is 2.46. The monoisotopic (exact) mass is 198 g/mol. The lowest BCUT2D eigenvalue weighted by molar-refractivity contribution is -0.497. The zero-order valence-electron chi connectivity index (χ0n) is 7.89. The Balaban J connectivity index is 2.96. The van der Waals surface area contributed by atoms with Crippen molar-refractivity contribution in [3.05, 3.63) is 33.6 Å². The van der Waals surface area contributed by atoms with Gasteiger partial charge in [0, 0.05) is 12.0 Å². The van der Waals surface area contributed by atoms with Gasteiger partial charge < -0.3 is 9.30 Å². The van der Waals surface area contributed by atoms with E-state index in [-0.39, 0.29) is 6.54 Å². The number of carbonyl (C=O) groups excluding carboxylic acids is 1. The zero-order chi connectivity index (χ0) is 10.7. The lowest BCUT2D eigenvalue weighted by Crippen LogP contribution is -2.11. The number of carbonyl (C=O) groups is 1. The third-order valence-electron chi connectivity index (χ3n) is 1.91. The highest BCUT2D eigenvalue weighted by Gasteiger charge is 2.14. The van der Waals surface area contributed by atoms with Crippen LogP contribution in [0.4, 0.5) is 0 Å². The highest BCUT2D eigenvalue weighted by atomic mass is 16.6. The Bertz CT molecular complexity index is 369. The standard InChI is InChI=1S/C8H10N2O4/c1-9-6(5-10(12)13)3-4-7(9)8(11)14-2/h3-4H,5H2,1-2H3. The summed E-state index contributed by atoms with van der Waals surface area (Å²) in [5.74, 6) is -0.498. The van der Waals surface area contributed by atoms with Crippen LogP contribution < -0.4 is 0 Å². The van der Waals surface area contributed by atoms with Crippen LogP contribution in [-0.2, 0) is 18.3 Å². The maximum atomic E-state index is 11.1. The molecule has 0 atom stereocenters. The molecule has 0 spiro atoms. The van der Waals surface area contributed by atoms with E-state index in [2.05, 4.69) is 4.74 Å². The van der Waals surface area contributed by atoms with Crippen LogP contribution in [0.2, 0.25) is 0 Å². The molecule has 76 valence electrons. The first-order chi connectivity index (χ1) is 6.56. The van der Waals surface area contributed by atoms with E-state index in [1.807, 2.05) is 0 Å². The average molecular weight is 198 g/mol. The minimum absolute atomic E-state index is 0.298. The molecule has 6 nitrogen and oxygen atoms in total. The maximum Gasteiger partial charge on any atom is 0.354 e. The molecule has 14 heavy (non-hydrogen) atoms. The molecule has 0 aromatic carbocycles. The second-order valence-electron chi connectivity index (χ2n) is 2.75. The Kier molecular flexibility index (Phi) is 2.85. The molecule has 0 saturated heterocycles. The largest absolute Gasteiger partial charge is 0.464 e. The number of esters is 1. The number of aromatic nitrogens is 1. The lowest BCUT2D eigenvalue weighted by Gasteiger charge is -2.02. The van der Waals surface area contributed by atoms with Crippen molar-refractivity contribution in [3.63, 3.8) is 0 Å². The second-order valence-corrected chi connectivity index (χ2v) is 2.75. The summed E-state index contributed by atoms with van der Waals surface area (Å²) in [7, 11) is 2.85. The normalized spacial score (nSPS) is 9.86. The highest BCUT2D eigenvalue weighted by Crippen LogP contribution is 2.09. The van der Waals surface area contributed by atoms with E-state index in [1.165, 1.54) is 23.8 Å². The fourth-order valence-corrected chi connectivity index (χ4v) is 1.15. The van der Waals surface area contributed by atoms with E-state index in [0.717, 1.165) is 0 Å². The van der Waals surface area contributed by atoms with Crippen LogP contribution in [0.5, 0.6) is 0 Å². The number of hydrogen-bond donors (Lipinski definition) is 0. The summed E-state index contributed by atoms with van der Waals surface area (Å²) >= 11 is 0. The van der Waals surface area contributed by atoms with Gasteiger partial charge in [-0.25, -0.2) is 4.79 Å². The van der Waals surface area contributed by atoms with Crippen molar-refractivity contribution >= 4 is 5.97 Å². The second kappa shape index (κ2) is 3.91. The fraction of sp³-hybridized carbons (Fsp3) is 0.375. The van der Waals surface area contributed by atoms with Crippen molar-refractivity contribution in [1.29, 1.82) is 0 Å².